The van der Waals surface area contributed by atoms with Crippen molar-refractivity contribution < 1.29 is 9.84 Å². The maximum absolute atomic E-state index is 9.68. The summed E-state index contributed by atoms with van der Waals surface area (Å²) < 4.78 is 5.50. The largest absolute Gasteiger partial charge is 0.507 e. The molecule has 0 spiro atoms. The number of hydrogen-bond donors (Lipinski definition) is 1. The number of azide groups is 1. The average molecular weight is 229 g/mol. The van der Waals surface area contributed by atoms with Crippen molar-refractivity contribution >= 4 is 10.8 Å². The van der Waals surface area contributed by atoms with Crippen molar-refractivity contribution in [2.75, 3.05) is 13.2 Å². The molecule has 0 atom stereocenters. The van der Waals surface area contributed by atoms with E-state index in [0.717, 1.165) is 10.8 Å². The molecule has 0 saturated carbocycles. The summed E-state index contributed by atoms with van der Waals surface area (Å²) in [5, 5.41) is 14.7. The van der Waals surface area contributed by atoms with E-state index in [2.05, 4.69) is 10.0 Å². The molecular weight excluding hydrogens is 218 g/mol. The van der Waals surface area contributed by atoms with Gasteiger partial charge in [-0.25, -0.2) is 0 Å². The highest BCUT2D eigenvalue weighted by molar-refractivity contribution is 5.92. The molecule has 5 heteroatoms. The lowest BCUT2D eigenvalue weighted by atomic mass is 10.1. The minimum atomic E-state index is 0.225. The summed E-state index contributed by atoms with van der Waals surface area (Å²) in [6, 6.07) is 10.7. The van der Waals surface area contributed by atoms with E-state index in [9.17, 15) is 5.11 Å². The lowest BCUT2D eigenvalue weighted by molar-refractivity contribution is 0.332. The quantitative estimate of drug-likeness (QED) is 0.378. The molecule has 0 unspecified atom stereocenters. The number of rotatable bonds is 4. The number of aromatic hydroxyl groups is 1. The summed E-state index contributed by atoms with van der Waals surface area (Å²) >= 11 is 0. The van der Waals surface area contributed by atoms with Gasteiger partial charge in [-0.15, -0.1) is 0 Å². The van der Waals surface area contributed by atoms with Gasteiger partial charge in [0.15, 0.2) is 0 Å². The lowest BCUT2D eigenvalue weighted by Gasteiger charge is -2.08. The van der Waals surface area contributed by atoms with Gasteiger partial charge in [0.1, 0.15) is 11.5 Å². The van der Waals surface area contributed by atoms with Crippen LogP contribution in [0.1, 0.15) is 0 Å². The maximum Gasteiger partial charge on any atom is 0.127 e. The summed E-state index contributed by atoms with van der Waals surface area (Å²) in [6.07, 6.45) is 0. The predicted octanol–water partition coefficient (Wildman–Crippen LogP) is 3.23. The van der Waals surface area contributed by atoms with Crippen LogP contribution in [-0.4, -0.2) is 18.3 Å². The number of phenols is 1. The Bertz CT molecular complexity index is 577. The van der Waals surface area contributed by atoms with Gasteiger partial charge in [0, 0.05) is 15.7 Å². The molecule has 2 aromatic carbocycles. The average Bonchev–Trinajstić information content (AvgIpc) is 2.36. The zero-order valence-electron chi connectivity index (χ0n) is 9.08. The summed E-state index contributed by atoms with van der Waals surface area (Å²) in [5.41, 5.74) is 8.14. The van der Waals surface area contributed by atoms with Crippen LogP contribution < -0.4 is 4.74 Å². The molecule has 17 heavy (non-hydrogen) atoms. The third-order valence-electron chi connectivity index (χ3n) is 2.37. The fourth-order valence-corrected chi connectivity index (χ4v) is 1.63. The van der Waals surface area contributed by atoms with E-state index < -0.39 is 0 Å². The van der Waals surface area contributed by atoms with Gasteiger partial charge in [-0.05, 0) is 17.7 Å². The highest BCUT2D eigenvalue weighted by Gasteiger charge is 2.04. The zero-order chi connectivity index (χ0) is 12.1. The molecule has 0 aliphatic carbocycles. The molecule has 0 aliphatic heterocycles. The van der Waals surface area contributed by atoms with E-state index >= 15 is 0 Å². The normalized spacial score (nSPS) is 9.88. The molecule has 0 fully saturated rings. The lowest BCUT2D eigenvalue weighted by Crippen LogP contribution is -2.00. The summed E-state index contributed by atoms with van der Waals surface area (Å²) in [6.45, 7) is 0.602. The van der Waals surface area contributed by atoms with Gasteiger partial charge in [-0.1, -0.05) is 29.4 Å². The van der Waals surface area contributed by atoms with Crippen molar-refractivity contribution in [2.45, 2.75) is 0 Å². The molecule has 5 nitrogen and oxygen atoms in total. The minimum absolute atomic E-state index is 0.225. The van der Waals surface area contributed by atoms with Crippen molar-refractivity contribution in [2.24, 2.45) is 5.11 Å². The van der Waals surface area contributed by atoms with Gasteiger partial charge in [0.05, 0.1) is 13.2 Å². The van der Waals surface area contributed by atoms with E-state index in [1.165, 1.54) is 0 Å². The molecule has 0 heterocycles. The van der Waals surface area contributed by atoms with Gasteiger partial charge in [-0.3, -0.25) is 0 Å². The second-order valence-electron chi connectivity index (χ2n) is 3.43. The molecular formula is C12H11N3O2. The molecule has 0 saturated heterocycles. The molecule has 86 valence electrons. The van der Waals surface area contributed by atoms with Crippen molar-refractivity contribution in [3.63, 3.8) is 0 Å². The van der Waals surface area contributed by atoms with E-state index in [0.29, 0.717) is 12.4 Å². The summed E-state index contributed by atoms with van der Waals surface area (Å²) in [4.78, 5) is 2.65. The Morgan fingerprint density at radius 2 is 1.94 bits per heavy atom. The number of hydrogen-bond acceptors (Lipinski definition) is 3. The van der Waals surface area contributed by atoms with Crippen molar-refractivity contribution in [3.8, 4) is 11.5 Å². The molecule has 0 bridgehead atoms. The molecule has 0 radical (unpaired) electrons. The van der Waals surface area contributed by atoms with E-state index in [-0.39, 0.29) is 12.3 Å². The van der Waals surface area contributed by atoms with Crippen LogP contribution in [0, 0.1) is 0 Å². The van der Waals surface area contributed by atoms with Crippen LogP contribution in [0.4, 0.5) is 0 Å². The second-order valence-corrected chi connectivity index (χ2v) is 3.43. The van der Waals surface area contributed by atoms with E-state index in [1.807, 2.05) is 24.3 Å². The van der Waals surface area contributed by atoms with Crippen LogP contribution in [0.15, 0.2) is 41.5 Å². The highest BCUT2D eigenvalue weighted by Crippen LogP contribution is 2.31. The number of nitrogens with zero attached hydrogens (tertiary/aromatic N) is 3. The summed E-state index contributed by atoms with van der Waals surface area (Å²) in [5.74, 6) is 0.898. The molecule has 1 N–H and O–H groups in total. The molecule has 2 aromatic rings. The third-order valence-corrected chi connectivity index (χ3v) is 2.37. The third kappa shape index (κ3) is 2.41. The van der Waals surface area contributed by atoms with Crippen LogP contribution in [0.25, 0.3) is 21.2 Å². The van der Waals surface area contributed by atoms with Gasteiger partial charge < -0.3 is 9.84 Å². The number of phenolic OH excluding ortho intramolecular Hbond substituents is 1. The van der Waals surface area contributed by atoms with Crippen LogP contribution in [0.5, 0.6) is 11.5 Å². The van der Waals surface area contributed by atoms with Crippen LogP contribution >= 0.6 is 0 Å². The smallest absolute Gasteiger partial charge is 0.127 e. The maximum atomic E-state index is 9.68. The Morgan fingerprint density at radius 1 is 1.18 bits per heavy atom. The fourth-order valence-electron chi connectivity index (χ4n) is 1.63. The first-order valence-electron chi connectivity index (χ1n) is 5.17. The van der Waals surface area contributed by atoms with Crippen LogP contribution in [0.2, 0.25) is 0 Å². The van der Waals surface area contributed by atoms with Crippen LogP contribution in [-0.2, 0) is 0 Å². The molecule has 0 aromatic heterocycles. The Kier molecular flexibility index (Phi) is 3.33. The van der Waals surface area contributed by atoms with E-state index in [4.69, 9.17) is 10.3 Å². The van der Waals surface area contributed by atoms with Gasteiger partial charge >= 0.3 is 0 Å². The first-order chi connectivity index (χ1) is 8.33. The first-order valence-corrected chi connectivity index (χ1v) is 5.17. The Labute approximate surface area is 97.9 Å². The Morgan fingerprint density at radius 3 is 2.76 bits per heavy atom. The van der Waals surface area contributed by atoms with Gasteiger partial charge in [0.2, 0.25) is 0 Å². The molecule has 2 rings (SSSR count). The van der Waals surface area contributed by atoms with Crippen molar-refractivity contribution in [1.29, 1.82) is 0 Å². The molecule has 0 amide bonds. The number of benzene rings is 2. The van der Waals surface area contributed by atoms with Crippen molar-refractivity contribution in [1.82, 2.24) is 0 Å². The van der Waals surface area contributed by atoms with Crippen molar-refractivity contribution in [3.05, 3.63) is 46.8 Å². The SMILES string of the molecule is [N-]=[N+]=NCCOc1cccc2c(O)cccc12. The predicted molar refractivity (Wildman–Crippen MR) is 65.1 cm³/mol. The summed E-state index contributed by atoms with van der Waals surface area (Å²) in [7, 11) is 0. The standard InChI is InChI=1S/C12H11N3O2/c13-15-14-7-8-17-12-6-2-3-9-10(12)4-1-5-11(9)16/h1-6,16H,7-8H2. The van der Waals surface area contributed by atoms with Gasteiger partial charge in [-0.2, -0.15) is 0 Å². The Hall–Kier alpha value is -2.39. The van der Waals surface area contributed by atoms with E-state index in [1.54, 1.807) is 12.1 Å². The fraction of sp³-hybridized carbons (Fsp3) is 0.167. The topological polar surface area (TPSA) is 78.2 Å². The number of ether oxygens (including phenoxy) is 1. The van der Waals surface area contributed by atoms with Gasteiger partial charge in [0.25, 0.3) is 0 Å². The Balaban J connectivity index is 2.28. The molecule has 0 aliphatic rings. The van der Waals surface area contributed by atoms with Crippen LogP contribution in [0.3, 0.4) is 0 Å². The first kappa shape index (κ1) is 11.1. The highest BCUT2D eigenvalue weighted by atomic mass is 16.5. The zero-order valence-corrected chi connectivity index (χ0v) is 9.08. The number of fused-ring (bicyclic) bond motifs is 1. The second kappa shape index (κ2) is 5.09. The minimum Gasteiger partial charge on any atom is -0.507 e. The monoisotopic (exact) mass is 229 g/mol.